The Bertz CT molecular complexity index is 1370. The standard InChI is InChI=1S/C26H22ClN3O4S/c1-33-20-12-11-18(13-21(20)34-16-17-7-3-2-4-8-17)14-29-30-23(31)15-28-26(32)25-24(27)19-9-5-6-10-22(19)35-25/h2-14H,15-16H2,1H3,(H,28,32)(H,30,31)/b29-14+. The zero-order chi connectivity index (χ0) is 24.6. The molecule has 1 heterocycles. The summed E-state index contributed by atoms with van der Waals surface area (Å²) in [4.78, 5) is 25.0. The maximum atomic E-state index is 12.5. The fourth-order valence-electron chi connectivity index (χ4n) is 3.24. The van der Waals surface area contributed by atoms with Gasteiger partial charge in [-0.1, -0.05) is 60.1 Å². The Labute approximate surface area is 211 Å². The second-order valence-electron chi connectivity index (χ2n) is 7.40. The van der Waals surface area contributed by atoms with E-state index in [9.17, 15) is 9.59 Å². The van der Waals surface area contributed by atoms with Gasteiger partial charge < -0.3 is 14.8 Å². The minimum absolute atomic E-state index is 0.241. The van der Waals surface area contributed by atoms with E-state index in [-0.39, 0.29) is 6.54 Å². The number of carbonyl (C=O) groups excluding carboxylic acids is 2. The SMILES string of the molecule is COc1ccc(/C=N/NC(=O)CNC(=O)c2sc3ccccc3c2Cl)cc1OCc1ccccc1. The van der Waals surface area contributed by atoms with Crippen LogP contribution in [0.1, 0.15) is 20.8 Å². The zero-order valence-corrected chi connectivity index (χ0v) is 20.4. The highest BCUT2D eigenvalue weighted by molar-refractivity contribution is 7.21. The molecule has 0 atom stereocenters. The minimum atomic E-state index is -0.471. The number of nitrogens with zero attached hydrogens (tertiary/aromatic N) is 1. The molecule has 0 saturated heterocycles. The lowest BCUT2D eigenvalue weighted by molar-refractivity contribution is -0.120. The number of hydrazone groups is 1. The number of methoxy groups -OCH3 is 1. The third kappa shape index (κ3) is 6.17. The monoisotopic (exact) mass is 507 g/mol. The van der Waals surface area contributed by atoms with E-state index < -0.39 is 11.8 Å². The van der Waals surface area contributed by atoms with E-state index in [1.54, 1.807) is 25.3 Å². The van der Waals surface area contributed by atoms with Crippen LogP contribution in [0.2, 0.25) is 5.02 Å². The van der Waals surface area contributed by atoms with Crippen LogP contribution in [0.5, 0.6) is 11.5 Å². The van der Waals surface area contributed by atoms with Crippen LogP contribution in [0.3, 0.4) is 0 Å². The summed E-state index contributed by atoms with van der Waals surface area (Å²) in [6, 6.07) is 22.6. The van der Waals surface area contributed by atoms with E-state index in [0.717, 1.165) is 15.6 Å². The molecule has 0 fully saturated rings. The summed E-state index contributed by atoms with van der Waals surface area (Å²) in [5.74, 6) is 0.260. The van der Waals surface area contributed by atoms with Crippen LogP contribution in [0.15, 0.2) is 77.9 Å². The lowest BCUT2D eigenvalue weighted by atomic mass is 10.2. The molecule has 0 unspecified atom stereocenters. The minimum Gasteiger partial charge on any atom is -0.493 e. The number of hydrogen-bond donors (Lipinski definition) is 2. The zero-order valence-electron chi connectivity index (χ0n) is 18.8. The maximum Gasteiger partial charge on any atom is 0.263 e. The second-order valence-corrected chi connectivity index (χ2v) is 8.83. The average molecular weight is 508 g/mol. The quantitative estimate of drug-likeness (QED) is 0.246. The number of rotatable bonds is 9. The Hall–Kier alpha value is -3.88. The smallest absolute Gasteiger partial charge is 0.263 e. The lowest BCUT2D eigenvalue weighted by Crippen LogP contribution is -2.34. The number of fused-ring (bicyclic) bond motifs is 1. The predicted octanol–water partition coefficient (Wildman–Crippen LogP) is 5.02. The average Bonchev–Trinajstić information content (AvgIpc) is 3.23. The van der Waals surface area contributed by atoms with Crippen molar-refractivity contribution in [2.45, 2.75) is 6.61 Å². The topological polar surface area (TPSA) is 89.0 Å². The predicted molar refractivity (Wildman–Crippen MR) is 139 cm³/mol. The van der Waals surface area contributed by atoms with Crippen molar-refractivity contribution < 1.29 is 19.1 Å². The molecule has 178 valence electrons. The molecule has 1 aromatic heterocycles. The molecule has 0 aliphatic rings. The van der Waals surface area contributed by atoms with Crippen molar-refractivity contribution in [2.24, 2.45) is 5.10 Å². The van der Waals surface area contributed by atoms with Crippen molar-refractivity contribution in [3.63, 3.8) is 0 Å². The molecule has 9 heteroatoms. The third-order valence-electron chi connectivity index (χ3n) is 4.98. The molecule has 0 radical (unpaired) electrons. The van der Waals surface area contributed by atoms with Crippen molar-refractivity contribution in [1.82, 2.24) is 10.7 Å². The van der Waals surface area contributed by atoms with Gasteiger partial charge in [-0.05, 0) is 35.4 Å². The van der Waals surface area contributed by atoms with E-state index >= 15 is 0 Å². The second kappa shape index (κ2) is 11.5. The maximum absolute atomic E-state index is 12.5. The van der Waals surface area contributed by atoms with Gasteiger partial charge in [0, 0.05) is 10.1 Å². The lowest BCUT2D eigenvalue weighted by Gasteiger charge is -2.11. The van der Waals surface area contributed by atoms with Gasteiger partial charge in [-0.15, -0.1) is 11.3 Å². The van der Waals surface area contributed by atoms with Crippen LogP contribution < -0.4 is 20.2 Å². The van der Waals surface area contributed by atoms with Crippen LogP contribution in [0.4, 0.5) is 0 Å². The van der Waals surface area contributed by atoms with E-state index in [1.807, 2.05) is 54.6 Å². The van der Waals surface area contributed by atoms with Crippen molar-refractivity contribution in [3.8, 4) is 11.5 Å². The first-order valence-corrected chi connectivity index (χ1v) is 11.9. The highest BCUT2D eigenvalue weighted by Crippen LogP contribution is 2.35. The molecular weight excluding hydrogens is 486 g/mol. The van der Waals surface area contributed by atoms with E-state index in [0.29, 0.717) is 33.6 Å². The fraction of sp³-hybridized carbons (Fsp3) is 0.115. The number of benzene rings is 3. The molecule has 0 spiro atoms. The van der Waals surface area contributed by atoms with Crippen LogP contribution >= 0.6 is 22.9 Å². The first kappa shape index (κ1) is 24.3. The van der Waals surface area contributed by atoms with Crippen molar-refractivity contribution in [2.75, 3.05) is 13.7 Å². The van der Waals surface area contributed by atoms with Gasteiger partial charge >= 0.3 is 0 Å². The number of thiophene rings is 1. The molecule has 0 aliphatic carbocycles. The molecule has 2 N–H and O–H groups in total. The molecule has 2 amide bonds. The molecule has 35 heavy (non-hydrogen) atoms. The normalized spacial score (nSPS) is 10.9. The van der Waals surface area contributed by atoms with Crippen LogP contribution in [-0.4, -0.2) is 31.7 Å². The van der Waals surface area contributed by atoms with Gasteiger partial charge in [0.15, 0.2) is 11.5 Å². The highest BCUT2D eigenvalue weighted by Gasteiger charge is 2.17. The Morgan fingerprint density at radius 3 is 2.57 bits per heavy atom. The van der Waals surface area contributed by atoms with Gasteiger partial charge in [0.25, 0.3) is 11.8 Å². The Kier molecular flexibility index (Phi) is 7.97. The van der Waals surface area contributed by atoms with Crippen LogP contribution in [0, 0.1) is 0 Å². The molecule has 4 rings (SSSR count). The highest BCUT2D eigenvalue weighted by atomic mass is 35.5. The van der Waals surface area contributed by atoms with Crippen LogP contribution in [-0.2, 0) is 11.4 Å². The Morgan fingerprint density at radius 1 is 1.03 bits per heavy atom. The summed E-state index contributed by atoms with van der Waals surface area (Å²) in [5, 5.41) is 7.73. The molecule has 0 bridgehead atoms. The molecule has 0 aliphatic heterocycles. The first-order valence-electron chi connectivity index (χ1n) is 10.7. The summed E-state index contributed by atoms with van der Waals surface area (Å²) < 4.78 is 12.2. The number of hydrogen-bond acceptors (Lipinski definition) is 6. The largest absolute Gasteiger partial charge is 0.493 e. The van der Waals surface area contributed by atoms with Crippen molar-refractivity contribution in [1.29, 1.82) is 0 Å². The Morgan fingerprint density at radius 2 is 1.80 bits per heavy atom. The first-order chi connectivity index (χ1) is 17.0. The fourth-order valence-corrected chi connectivity index (χ4v) is 4.67. The van der Waals surface area contributed by atoms with Gasteiger partial charge in [-0.25, -0.2) is 5.43 Å². The summed E-state index contributed by atoms with van der Waals surface area (Å²) in [6.45, 7) is 0.146. The molecule has 3 aromatic carbocycles. The number of nitrogens with one attached hydrogen (secondary N) is 2. The van der Waals surface area contributed by atoms with Crippen molar-refractivity contribution in [3.05, 3.63) is 93.8 Å². The van der Waals surface area contributed by atoms with Gasteiger partial charge in [0.1, 0.15) is 11.5 Å². The van der Waals surface area contributed by atoms with Gasteiger partial charge in [-0.2, -0.15) is 5.10 Å². The molecular formula is C26H22ClN3O4S. The van der Waals surface area contributed by atoms with Gasteiger partial charge in [0.05, 0.1) is 24.9 Å². The third-order valence-corrected chi connectivity index (χ3v) is 6.65. The summed E-state index contributed by atoms with van der Waals surface area (Å²) in [5.41, 5.74) is 4.13. The number of halogens is 1. The van der Waals surface area contributed by atoms with Crippen LogP contribution in [0.25, 0.3) is 10.1 Å². The summed E-state index contributed by atoms with van der Waals surface area (Å²) in [7, 11) is 1.57. The summed E-state index contributed by atoms with van der Waals surface area (Å²) >= 11 is 7.59. The number of amides is 2. The summed E-state index contributed by atoms with van der Waals surface area (Å²) in [6.07, 6.45) is 1.48. The van der Waals surface area contributed by atoms with E-state index in [2.05, 4.69) is 15.8 Å². The number of carbonyl (C=O) groups is 2. The molecule has 0 saturated carbocycles. The number of ether oxygens (including phenoxy) is 2. The Balaban J connectivity index is 1.31. The van der Waals surface area contributed by atoms with E-state index in [1.165, 1.54) is 17.6 Å². The molecule has 7 nitrogen and oxygen atoms in total. The van der Waals surface area contributed by atoms with Gasteiger partial charge in [-0.3, -0.25) is 9.59 Å². The van der Waals surface area contributed by atoms with Crippen molar-refractivity contribution >= 4 is 51.1 Å². The van der Waals surface area contributed by atoms with E-state index in [4.69, 9.17) is 21.1 Å². The molecule has 4 aromatic rings. The van der Waals surface area contributed by atoms with Gasteiger partial charge in [0.2, 0.25) is 0 Å².